The molecule has 1 aromatic rings. The fraction of sp³-hybridized carbons (Fsp3) is 0.833. The maximum Gasteiger partial charge on any atom is 0.0638 e. The second-order valence-electron chi connectivity index (χ2n) is 8.30. The SMILES string of the molecule is Cc1nn(C)cc1CNC(C)C12CC3CC(CC(C3)C1)C2. The Kier molecular flexibility index (Phi) is 3.18. The number of nitrogens with zero attached hydrogens (tertiary/aromatic N) is 2. The molecule has 1 aromatic heterocycles. The van der Waals surface area contributed by atoms with Crippen molar-refractivity contribution in [1.29, 1.82) is 0 Å². The maximum absolute atomic E-state index is 4.46. The van der Waals surface area contributed by atoms with E-state index in [2.05, 4.69) is 30.5 Å². The zero-order valence-electron chi connectivity index (χ0n) is 13.7. The van der Waals surface area contributed by atoms with E-state index in [-0.39, 0.29) is 0 Å². The van der Waals surface area contributed by atoms with Gasteiger partial charge in [-0.2, -0.15) is 5.10 Å². The standard InChI is InChI=1S/C18H29N3/c1-12-17(11-21(3)20-12)10-19-13(2)18-7-14-4-15(8-18)6-16(5-14)9-18/h11,13-16,19H,4-10H2,1-3H3. The van der Waals surface area contributed by atoms with Crippen LogP contribution in [-0.2, 0) is 13.6 Å². The lowest BCUT2D eigenvalue weighted by molar-refractivity contribution is -0.0706. The first-order chi connectivity index (χ1) is 10.0. The highest BCUT2D eigenvalue weighted by atomic mass is 15.3. The molecule has 0 aliphatic heterocycles. The Morgan fingerprint density at radius 1 is 1.24 bits per heavy atom. The normalized spacial score (nSPS) is 38.9. The minimum atomic E-state index is 0.602. The molecule has 1 N–H and O–H groups in total. The van der Waals surface area contributed by atoms with Gasteiger partial charge in [-0.1, -0.05) is 0 Å². The van der Waals surface area contributed by atoms with Gasteiger partial charge in [-0.05, 0) is 75.5 Å². The largest absolute Gasteiger partial charge is 0.310 e. The fourth-order valence-corrected chi connectivity index (χ4v) is 6.01. The van der Waals surface area contributed by atoms with Gasteiger partial charge in [-0.3, -0.25) is 4.68 Å². The molecule has 4 aliphatic carbocycles. The number of hydrogen-bond donors (Lipinski definition) is 1. The number of aryl methyl sites for hydroxylation is 2. The van der Waals surface area contributed by atoms with Crippen LogP contribution < -0.4 is 5.32 Å². The average molecular weight is 287 g/mol. The van der Waals surface area contributed by atoms with Crippen LogP contribution in [0.1, 0.15) is 56.7 Å². The first-order valence-corrected chi connectivity index (χ1v) is 8.76. The first-order valence-electron chi connectivity index (χ1n) is 8.76. The predicted molar refractivity (Wildman–Crippen MR) is 84.9 cm³/mol. The van der Waals surface area contributed by atoms with Crippen LogP contribution in [0.3, 0.4) is 0 Å². The van der Waals surface area contributed by atoms with Gasteiger partial charge in [0, 0.05) is 31.4 Å². The summed E-state index contributed by atoms with van der Waals surface area (Å²) in [7, 11) is 2.01. The van der Waals surface area contributed by atoms with Crippen LogP contribution in [-0.4, -0.2) is 15.8 Å². The van der Waals surface area contributed by atoms with Gasteiger partial charge in [0.05, 0.1) is 5.69 Å². The smallest absolute Gasteiger partial charge is 0.0638 e. The molecule has 3 heteroatoms. The molecular weight excluding hydrogens is 258 g/mol. The molecule has 0 aromatic carbocycles. The van der Waals surface area contributed by atoms with Crippen molar-refractivity contribution in [3.63, 3.8) is 0 Å². The van der Waals surface area contributed by atoms with Crippen molar-refractivity contribution in [3.8, 4) is 0 Å². The molecule has 3 nitrogen and oxygen atoms in total. The minimum Gasteiger partial charge on any atom is -0.310 e. The molecule has 0 amide bonds. The zero-order chi connectivity index (χ0) is 14.6. The van der Waals surface area contributed by atoms with E-state index < -0.39 is 0 Å². The summed E-state index contributed by atoms with van der Waals surface area (Å²) in [5.74, 6) is 3.13. The molecule has 21 heavy (non-hydrogen) atoms. The third-order valence-corrected chi connectivity index (χ3v) is 6.72. The number of nitrogens with one attached hydrogen (secondary N) is 1. The number of rotatable bonds is 4. The molecular formula is C18H29N3. The van der Waals surface area contributed by atoms with Gasteiger partial charge in [0.25, 0.3) is 0 Å². The quantitative estimate of drug-likeness (QED) is 0.919. The average Bonchev–Trinajstić information content (AvgIpc) is 2.72. The molecule has 0 radical (unpaired) electrons. The molecule has 5 rings (SSSR count). The molecule has 1 heterocycles. The van der Waals surface area contributed by atoms with Crippen molar-refractivity contribution < 1.29 is 0 Å². The van der Waals surface area contributed by atoms with E-state index in [1.807, 2.05) is 11.7 Å². The van der Waals surface area contributed by atoms with Gasteiger partial charge in [0.1, 0.15) is 0 Å². The van der Waals surface area contributed by atoms with Crippen LogP contribution >= 0.6 is 0 Å². The molecule has 0 saturated heterocycles. The molecule has 4 saturated carbocycles. The first kappa shape index (κ1) is 13.8. The fourth-order valence-electron chi connectivity index (χ4n) is 6.01. The van der Waals surface area contributed by atoms with Gasteiger partial charge in [0.2, 0.25) is 0 Å². The second-order valence-corrected chi connectivity index (χ2v) is 8.30. The van der Waals surface area contributed by atoms with E-state index in [1.54, 1.807) is 0 Å². The summed E-state index contributed by atoms with van der Waals surface area (Å²) in [6, 6.07) is 0.644. The molecule has 4 fully saturated rings. The molecule has 116 valence electrons. The predicted octanol–water partition coefficient (Wildman–Crippen LogP) is 3.42. The Bertz CT molecular complexity index is 495. The van der Waals surface area contributed by atoms with Crippen LogP contribution in [0.5, 0.6) is 0 Å². The topological polar surface area (TPSA) is 29.9 Å². The Hall–Kier alpha value is -0.830. The van der Waals surface area contributed by atoms with E-state index in [4.69, 9.17) is 0 Å². The van der Waals surface area contributed by atoms with Gasteiger partial charge >= 0.3 is 0 Å². The Balaban J connectivity index is 1.45. The molecule has 0 spiro atoms. The van der Waals surface area contributed by atoms with Gasteiger partial charge in [-0.15, -0.1) is 0 Å². The lowest BCUT2D eigenvalue weighted by Crippen LogP contribution is -2.54. The summed E-state index contributed by atoms with van der Waals surface area (Å²) in [5.41, 5.74) is 3.13. The van der Waals surface area contributed by atoms with Crippen LogP contribution in [0, 0.1) is 30.1 Å². The van der Waals surface area contributed by atoms with Crippen LogP contribution in [0.15, 0.2) is 6.20 Å². The molecule has 1 unspecified atom stereocenters. The van der Waals surface area contributed by atoms with Crippen LogP contribution in [0.25, 0.3) is 0 Å². The lowest BCUT2D eigenvalue weighted by Gasteiger charge is -2.59. The van der Waals surface area contributed by atoms with Crippen molar-refractivity contribution in [3.05, 3.63) is 17.5 Å². The molecule has 4 bridgehead atoms. The van der Waals surface area contributed by atoms with Gasteiger partial charge in [0.15, 0.2) is 0 Å². The maximum atomic E-state index is 4.46. The highest BCUT2D eigenvalue weighted by Crippen LogP contribution is 2.61. The Morgan fingerprint density at radius 3 is 2.29 bits per heavy atom. The number of aromatic nitrogens is 2. The monoisotopic (exact) mass is 287 g/mol. The summed E-state index contributed by atoms with van der Waals surface area (Å²) < 4.78 is 1.93. The highest BCUT2D eigenvalue weighted by Gasteiger charge is 2.52. The van der Waals surface area contributed by atoms with Gasteiger partial charge < -0.3 is 5.32 Å². The highest BCUT2D eigenvalue weighted by molar-refractivity contribution is 5.15. The third kappa shape index (κ3) is 2.34. The van der Waals surface area contributed by atoms with E-state index >= 15 is 0 Å². The van der Waals surface area contributed by atoms with Crippen molar-refractivity contribution in [1.82, 2.24) is 15.1 Å². The van der Waals surface area contributed by atoms with E-state index in [0.29, 0.717) is 11.5 Å². The van der Waals surface area contributed by atoms with Crippen molar-refractivity contribution >= 4 is 0 Å². The van der Waals surface area contributed by atoms with E-state index in [0.717, 1.165) is 24.3 Å². The van der Waals surface area contributed by atoms with Crippen molar-refractivity contribution in [2.24, 2.45) is 30.2 Å². The molecule has 1 atom stereocenters. The van der Waals surface area contributed by atoms with Gasteiger partial charge in [-0.25, -0.2) is 0 Å². The Morgan fingerprint density at radius 2 is 1.81 bits per heavy atom. The van der Waals surface area contributed by atoms with Crippen molar-refractivity contribution in [2.75, 3.05) is 0 Å². The van der Waals surface area contributed by atoms with E-state index in [1.165, 1.54) is 49.8 Å². The van der Waals surface area contributed by atoms with Crippen LogP contribution in [0.4, 0.5) is 0 Å². The molecule has 4 aliphatic rings. The van der Waals surface area contributed by atoms with Crippen LogP contribution in [0.2, 0.25) is 0 Å². The summed E-state index contributed by atoms with van der Waals surface area (Å²) in [4.78, 5) is 0. The number of hydrogen-bond acceptors (Lipinski definition) is 2. The summed E-state index contributed by atoms with van der Waals surface area (Å²) >= 11 is 0. The third-order valence-electron chi connectivity index (χ3n) is 6.72. The Labute approximate surface area is 128 Å². The summed E-state index contributed by atoms with van der Waals surface area (Å²) in [6.07, 6.45) is 11.2. The second kappa shape index (κ2) is 4.84. The summed E-state index contributed by atoms with van der Waals surface area (Å²) in [6.45, 7) is 5.54. The van der Waals surface area contributed by atoms with E-state index in [9.17, 15) is 0 Å². The van der Waals surface area contributed by atoms with Crippen molar-refractivity contribution in [2.45, 2.75) is 65.0 Å². The summed E-state index contributed by atoms with van der Waals surface area (Å²) in [5, 5.41) is 8.31. The lowest BCUT2D eigenvalue weighted by atomic mass is 9.48. The zero-order valence-corrected chi connectivity index (χ0v) is 13.7. The minimum absolute atomic E-state index is 0.602.